The Morgan fingerprint density at radius 2 is 1.06 bits per heavy atom. The first-order chi connectivity index (χ1) is 22.3. The van der Waals surface area contributed by atoms with Crippen LogP contribution in [0.1, 0.15) is 6.92 Å². The number of carbonyl (C=O) groups is 1. The summed E-state index contributed by atoms with van der Waals surface area (Å²) in [5.74, 6) is -1.05. The van der Waals surface area contributed by atoms with Gasteiger partial charge >= 0.3 is 0 Å². The monoisotopic (exact) mass is 690 g/mol. The number of hydrogen-bond donors (Lipinski definition) is 10. The molecule has 0 aromatic rings. The highest BCUT2D eigenvalue weighted by Gasteiger charge is 2.54. The molecule has 4 heterocycles. The summed E-state index contributed by atoms with van der Waals surface area (Å²) in [7, 11) is 2.41. The first kappa shape index (κ1) is 38.7. The number of carbonyl (C=O) groups excluding carboxylic acids is 1. The molecule has 0 spiro atoms. The fourth-order valence-electron chi connectivity index (χ4n) is 6.06. The third-order valence-corrected chi connectivity index (χ3v) is 8.79. The molecule has 20 nitrogen and oxygen atoms in total. The van der Waals surface area contributed by atoms with Crippen LogP contribution in [0.15, 0.2) is 0 Å². The second kappa shape index (κ2) is 16.7. The van der Waals surface area contributed by atoms with Gasteiger partial charge in [-0.1, -0.05) is 0 Å². The van der Waals surface area contributed by atoms with Crippen molar-refractivity contribution < 1.29 is 98.5 Å². The Morgan fingerprint density at radius 3 is 1.66 bits per heavy atom. The Kier molecular flexibility index (Phi) is 13.8. The van der Waals surface area contributed by atoms with E-state index in [1.54, 1.807) is 0 Å². The molecule has 47 heavy (non-hydrogen) atoms. The van der Waals surface area contributed by atoms with Crippen LogP contribution in [0.25, 0.3) is 0 Å². The van der Waals surface area contributed by atoms with Gasteiger partial charge in [-0.05, 0) is 6.92 Å². The number of rotatable bonds is 12. The Balaban J connectivity index is 1.57. The lowest BCUT2D eigenvalue weighted by molar-refractivity contribution is -0.366. The van der Waals surface area contributed by atoms with Gasteiger partial charge in [0.05, 0.1) is 32.5 Å². The van der Waals surface area contributed by atoms with Crippen molar-refractivity contribution in [3.63, 3.8) is 0 Å². The molecule has 4 saturated heterocycles. The van der Waals surface area contributed by atoms with Crippen molar-refractivity contribution >= 4 is 5.78 Å². The van der Waals surface area contributed by atoms with Crippen LogP contribution in [-0.4, -0.2) is 214 Å². The molecule has 0 saturated carbocycles. The van der Waals surface area contributed by atoms with Crippen molar-refractivity contribution in [2.24, 2.45) is 0 Å². The number of Topliss-reactive ketones (excluding diaryl/α,β-unsaturated/α-hetero) is 1. The van der Waals surface area contributed by atoms with E-state index in [0.29, 0.717) is 0 Å². The molecule has 4 aliphatic rings. The smallest absolute Gasteiger partial charge is 0.221 e. The Bertz CT molecular complexity index is 988. The van der Waals surface area contributed by atoms with E-state index < -0.39 is 149 Å². The molecule has 10 N–H and O–H groups in total. The van der Waals surface area contributed by atoms with Gasteiger partial charge in [0.1, 0.15) is 91.6 Å². The van der Waals surface area contributed by atoms with Crippen molar-refractivity contribution in [2.75, 3.05) is 40.6 Å². The number of methoxy groups -OCH3 is 2. The first-order valence-electron chi connectivity index (χ1n) is 15.1. The maximum atomic E-state index is 12.9. The molecule has 4 fully saturated rings. The van der Waals surface area contributed by atoms with E-state index in [1.807, 2.05) is 0 Å². The fourth-order valence-corrected chi connectivity index (χ4v) is 6.06. The summed E-state index contributed by atoms with van der Waals surface area (Å²) in [6.07, 6.45) is -29.1. The van der Waals surface area contributed by atoms with Crippen molar-refractivity contribution in [1.82, 2.24) is 0 Å². The summed E-state index contributed by atoms with van der Waals surface area (Å²) in [6.45, 7) is -1.23. The zero-order valence-corrected chi connectivity index (χ0v) is 25.9. The van der Waals surface area contributed by atoms with E-state index in [0.717, 1.165) is 0 Å². The van der Waals surface area contributed by atoms with Crippen molar-refractivity contribution in [1.29, 1.82) is 0 Å². The number of ether oxygens (including phenoxy) is 9. The van der Waals surface area contributed by atoms with E-state index in [-0.39, 0.29) is 0 Å². The van der Waals surface area contributed by atoms with Crippen LogP contribution < -0.4 is 0 Å². The van der Waals surface area contributed by atoms with Crippen LogP contribution in [-0.2, 0) is 47.4 Å². The summed E-state index contributed by atoms with van der Waals surface area (Å²) >= 11 is 0. The summed E-state index contributed by atoms with van der Waals surface area (Å²) in [5, 5.41) is 104. The zero-order valence-electron chi connectivity index (χ0n) is 25.9. The molecule has 20 heteroatoms. The van der Waals surface area contributed by atoms with Crippen LogP contribution in [0.5, 0.6) is 0 Å². The van der Waals surface area contributed by atoms with E-state index in [9.17, 15) is 55.9 Å². The van der Waals surface area contributed by atoms with E-state index in [2.05, 4.69) is 0 Å². The molecular weight excluding hydrogens is 644 g/mol. The SMILES string of the molecule is COC1C(CO)OC(OC2C(COC3OC(CO)C(OC)C(O)C3O)OC(OC3C(CO)OC(C)C(O)C3O)C(O)C2O)C(=O)C1O. The minimum Gasteiger partial charge on any atom is -0.394 e. The van der Waals surface area contributed by atoms with Crippen LogP contribution >= 0.6 is 0 Å². The van der Waals surface area contributed by atoms with Crippen LogP contribution in [0, 0.1) is 0 Å². The van der Waals surface area contributed by atoms with Gasteiger partial charge in [-0.2, -0.15) is 0 Å². The van der Waals surface area contributed by atoms with E-state index >= 15 is 0 Å². The maximum absolute atomic E-state index is 12.9. The van der Waals surface area contributed by atoms with Crippen LogP contribution in [0.2, 0.25) is 0 Å². The molecule has 19 atom stereocenters. The topological polar surface area (TPSA) is 302 Å². The number of hydrogen-bond acceptors (Lipinski definition) is 20. The molecule has 0 aliphatic carbocycles. The number of aliphatic hydroxyl groups excluding tert-OH is 10. The van der Waals surface area contributed by atoms with Crippen molar-refractivity contribution in [3.05, 3.63) is 0 Å². The lowest BCUT2D eigenvalue weighted by atomic mass is 9.94. The quantitative estimate of drug-likeness (QED) is 0.0909. The van der Waals surface area contributed by atoms with Gasteiger partial charge in [0.15, 0.2) is 12.6 Å². The third kappa shape index (κ3) is 7.96. The van der Waals surface area contributed by atoms with Crippen molar-refractivity contribution in [2.45, 2.75) is 123 Å². The zero-order chi connectivity index (χ0) is 34.7. The predicted octanol–water partition coefficient (Wildman–Crippen LogP) is -7.16. The molecule has 19 unspecified atom stereocenters. The lowest BCUT2D eigenvalue weighted by Gasteiger charge is -2.48. The average Bonchev–Trinajstić information content (AvgIpc) is 3.06. The molecule has 4 rings (SSSR count). The molecular formula is C27H46O20. The highest BCUT2D eigenvalue weighted by Crippen LogP contribution is 2.33. The molecule has 274 valence electrons. The number of aliphatic hydroxyl groups is 10. The minimum absolute atomic E-state index is 0.630. The summed E-state index contributed by atoms with van der Waals surface area (Å²) in [5.41, 5.74) is 0. The Hall–Kier alpha value is -1.09. The molecule has 0 amide bonds. The van der Waals surface area contributed by atoms with Crippen LogP contribution in [0.4, 0.5) is 0 Å². The second-order valence-corrected chi connectivity index (χ2v) is 11.7. The standard InChI is InChI=1S/C27H46O20/c1-8-13(31)14(32)23(11(6-30)42-8)46-27-20(38)17(35)24(47-26-19(37)16(34)22(40-3)10(5-29)44-26)12(45-27)7-41-25-18(36)15(33)21(39-2)9(4-28)43-25/h8-18,20-36,38H,4-7H2,1-3H3. The molecule has 0 aromatic carbocycles. The summed E-state index contributed by atoms with van der Waals surface area (Å²) < 4.78 is 49.6. The van der Waals surface area contributed by atoms with Gasteiger partial charge in [0, 0.05) is 14.2 Å². The van der Waals surface area contributed by atoms with Crippen LogP contribution in [0.3, 0.4) is 0 Å². The predicted molar refractivity (Wildman–Crippen MR) is 146 cm³/mol. The Labute approximate surface area is 268 Å². The normalized spacial score (nSPS) is 49.6. The molecule has 4 aliphatic heterocycles. The van der Waals surface area contributed by atoms with Gasteiger partial charge in [0.25, 0.3) is 0 Å². The maximum Gasteiger partial charge on any atom is 0.221 e. The second-order valence-electron chi connectivity index (χ2n) is 11.7. The average molecular weight is 691 g/mol. The Morgan fingerprint density at radius 1 is 0.574 bits per heavy atom. The van der Waals surface area contributed by atoms with E-state index in [1.165, 1.54) is 21.1 Å². The third-order valence-electron chi connectivity index (χ3n) is 8.79. The van der Waals surface area contributed by atoms with Gasteiger partial charge in [-0.15, -0.1) is 0 Å². The minimum atomic E-state index is -1.98. The fraction of sp³-hybridized carbons (Fsp3) is 0.963. The summed E-state index contributed by atoms with van der Waals surface area (Å²) in [6, 6.07) is 0. The van der Waals surface area contributed by atoms with Gasteiger partial charge in [-0.25, -0.2) is 0 Å². The van der Waals surface area contributed by atoms with Gasteiger partial charge < -0.3 is 93.7 Å². The summed E-state index contributed by atoms with van der Waals surface area (Å²) in [4.78, 5) is 12.9. The highest BCUT2D eigenvalue weighted by atomic mass is 16.8. The molecule has 0 aromatic heterocycles. The first-order valence-corrected chi connectivity index (χ1v) is 15.1. The van der Waals surface area contributed by atoms with E-state index in [4.69, 9.17) is 42.6 Å². The van der Waals surface area contributed by atoms with Gasteiger partial charge in [-0.3, -0.25) is 4.79 Å². The molecule has 0 radical (unpaired) electrons. The highest BCUT2D eigenvalue weighted by molar-refractivity contribution is 5.87. The number of ketones is 1. The molecule has 0 bridgehead atoms. The largest absolute Gasteiger partial charge is 0.394 e. The van der Waals surface area contributed by atoms with Gasteiger partial charge in [0.2, 0.25) is 12.1 Å². The lowest BCUT2D eigenvalue weighted by Crippen LogP contribution is -2.66. The van der Waals surface area contributed by atoms with Crippen molar-refractivity contribution in [3.8, 4) is 0 Å².